The first kappa shape index (κ1) is 19.7. The SMILES string of the molecule is CCC(CC)C(NC(=O)CCc1nc(-c2ccccn2)no1)c1ccccc1. The molecule has 6 heteroatoms. The molecule has 0 fully saturated rings. The zero-order valence-electron chi connectivity index (χ0n) is 16.3. The second-order valence-corrected chi connectivity index (χ2v) is 6.76. The van der Waals surface area contributed by atoms with Crippen LogP contribution in [0.25, 0.3) is 11.5 Å². The second-order valence-electron chi connectivity index (χ2n) is 6.76. The van der Waals surface area contributed by atoms with Gasteiger partial charge in [0.25, 0.3) is 0 Å². The van der Waals surface area contributed by atoms with Gasteiger partial charge in [0.05, 0.1) is 6.04 Å². The van der Waals surface area contributed by atoms with Crippen LogP contribution >= 0.6 is 0 Å². The number of carbonyl (C=O) groups excluding carboxylic acids is 1. The summed E-state index contributed by atoms with van der Waals surface area (Å²) in [6.07, 6.45) is 4.39. The summed E-state index contributed by atoms with van der Waals surface area (Å²) in [5, 5.41) is 7.15. The number of nitrogens with one attached hydrogen (secondary N) is 1. The standard InChI is InChI=1S/C22H26N4O2/c1-3-16(4-2)21(17-10-6-5-7-11-17)24-19(27)13-14-20-25-22(26-28-20)18-12-8-9-15-23-18/h5-12,15-16,21H,3-4,13-14H2,1-2H3,(H,24,27). The van der Waals surface area contributed by atoms with Crippen LogP contribution in [-0.4, -0.2) is 21.0 Å². The van der Waals surface area contributed by atoms with E-state index >= 15 is 0 Å². The highest BCUT2D eigenvalue weighted by molar-refractivity contribution is 5.76. The Bertz CT molecular complexity index is 861. The van der Waals surface area contributed by atoms with Gasteiger partial charge < -0.3 is 9.84 Å². The molecule has 1 amide bonds. The Morgan fingerprint density at radius 2 is 1.82 bits per heavy atom. The summed E-state index contributed by atoms with van der Waals surface area (Å²) in [5.41, 5.74) is 1.79. The molecular weight excluding hydrogens is 352 g/mol. The fourth-order valence-corrected chi connectivity index (χ4v) is 3.32. The van der Waals surface area contributed by atoms with Crippen molar-refractivity contribution < 1.29 is 9.32 Å². The molecule has 3 rings (SSSR count). The van der Waals surface area contributed by atoms with Crippen molar-refractivity contribution in [3.05, 3.63) is 66.2 Å². The van der Waals surface area contributed by atoms with Crippen LogP contribution in [0.4, 0.5) is 0 Å². The topological polar surface area (TPSA) is 80.9 Å². The number of aryl methyl sites for hydroxylation is 1. The molecule has 0 saturated carbocycles. The van der Waals surface area contributed by atoms with Crippen LogP contribution in [0.1, 0.15) is 50.6 Å². The lowest BCUT2D eigenvalue weighted by Gasteiger charge is -2.27. The fourth-order valence-electron chi connectivity index (χ4n) is 3.32. The molecule has 146 valence electrons. The Labute approximate surface area is 165 Å². The summed E-state index contributed by atoms with van der Waals surface area (Å²) in [7, 11) is 0. The third kappa shape index (κ3) is 5.03. The molecule has 0 spiro atoms. The number of carbonyl (C=O) groups is 1. The summed E-state index contributed by atoms with van der Waals surface area (Å²) in [5.74, 6) is 1.26. The molecule has 1 atom stereocenters. The Hall–Kier alpha value is -3.02. The van der Waals surface area contributed by atoms with Crippen LogP contribution in [0.5, 0.6) is 0 Å². The van der Waals surface area contributed by atoms with Gasteiger partial charge in [-0.15, -0.1) is 0 Å². The molecule has 0 bridgehead atoms. The number of rotatable bonds is 9. The number of benzene rings is 1. The number of aromatic nitrogens is 3. The van der Waals surface area contributed by atoms with Gasteiger partial charge in [0, 0.05) is 19.0 Å². The lowest BCUT2D eigenvalue weighted by atomic mass is 9.88. The summed E-state index contributed by atoms with van der Waals surface area (Å²) in [6.45, 7) is 4.32. The molecule has 0 aliphatic rings. The quantitative estimate of drug-likeness (QED) is 0.598. The van der Waals surface area contributed by atoms with E-state index in [1.807, 2.05) is 36.4 Å². The lowest BCUT2D eigenvalue weighted by molar-refractivity contribution is -0.122. The molecule has 0 aliphatic carbocycles. The largest absolute Gasteiger partial charge is 0.349 e. The van der Waals surface area contributed by atoms with E-state index in [1.165, 1.54) is 0 Å². The average molecular weight is 378 g/mol. The number of amides is 1. The van der Waals surface area contributed by atoms with E-state index in [0.717, 1.165) is 18.4 Å². The monoisotopic (exact) mass is 378 g/mol. The minimum absolute atomic E-state index is 0.00969. The van der Waals surface area contributed by atoms with E-state index in [-0.39, 0.29) is 11.9 Å². The van der Waals surface area contributed by atoms with Crippen molar-refractivity contribution in [2.75, 3.05) is 0 Å². The minimum atomic E-state index is -0.0154. The lowest BCUT2D eigenvalue weighted by Crippen LogP contribution is -2.33. The van der Waals surface area contributed by atoms with Crippen molar-refractivity contribution in [3.63, 3.8) is 0 Å². The van der Waals surface area contributed by atoms with Crippen LogP contribution in [0, 0.1) is 5.92 Å². The first-order valence-electron chi connectivity index (χ1n) is 9.79. The highest BCUT2D eigenvalue weighted by Gasteiger charge is 2.22. The van der Waals surface area contributed by atoms with Crippen molar-refractivity contribution in [2.45, 2.75) is 45.6 Å². The van der Waals surface area contributed by atoms with Gasteiger partial charge in [0.1, 0.15) is 5.69 Å². The number of hydrogen-bond acceptors (Lipinski definition) is 5. The Morgan fingerprint density at radius 1 is 1.07 bits per heavy atom. The van der Waals surface area contributed by atoms with Crippen LogP contribution in [0.15, 0.2) is 59.3 Å². The van der Waals surface area contributed by atoms with Crippen molar-refractivity contribution in [1.82, 2.24) is 20.4 Å². The number of nitrogens with zero attached hydrogens (tertiary/aromatic N) is 3. The Kier molecular flexibility index (Phi) is 6.89. The predicted molar refractivity (Wildman–Crippen MR) is 107 cm³/mol. The molecule has 2 heterocycles. The third-order valence-electron chi connectivity index (χ3n) is 4.92. The average Bonchev–Trinajstić information content (AvgIpc) is 3.23. The van der Waals surface area contributed by atoms with Gasteiger partial charge in [-0.1, -0.05) is 68.2 Å². The molecule has 1 N–H and O–H groups in total. The van der Waals surface area contributed by atoms with Crippen molar-refractivity contribution >= 4 is 5.91 Å². The highest BCUT2D eigenvalue weighted by Crippen LogP contribution is 2.27. The van der Waals surface area contributed by atoms with Crippen molar-refractivity contribution in [3.8, 4) is 11.5 Å². The molecule has 2 aromatic heterocycles. The van der Waals surface area contributed by atoms with E-state index in [0.29, 0.717) is 36.2 Å². The summed E-state index contributed by atoms with van der Waals surface area (Å²) in [6, 6.07) is 15.7. The Morgan fingerprint density at radius 3 is 2.50 bits per heavy atom. The smallest absolute Gasteiger partial charge is 0.227 e. The van der Waals surface area contributed by atoms with E-state index in [2.05, 4.69) is 46.4 Å². The van der Waals surface area contributed by atoms with E-state index in [1.54, 1.807) is 6.20 Å². The third-order valence-corrected chi connectivity index (χ3v) is 4.92. The predicted octanol–water partition coefficient (Wildman–Crippen LogP) is 4.36. The number of hydrogen-bond donors (Lipinski definition) is 1. The molecule has 3 aromatic rings. The van der Waals surface area contributed by atoms with Crippen molar-refractivity contribution in [2.24, 2.45) is 5.92 Å². The van der Waals surface area contributed by atoms with Gasteiger partial charge in [-0.25, -0.2) is 0 Å². The van der Waals surface area contributed by atoms with Gasteiger partial charge in [0.2, 0.25) is 17.6 Å². The van der Waals surface area contributed by atoms with E-state index < -0.39 is 0 Å². The van der Waals surface area contributed by atoms with Crippen molar-refractivity contribution in [1.29, 1.82) is 0 Å². The molecule has 0 saturated heterocycles. The maximum Gasteiger partial charge on any atom is 0.227 e. The molecular formula is C22H26N4O2. The summed E-state index contributed by atoms with van der Waals surface area (Å²) >= 11 is 0. The Balaban J connectivity index is 1.61. The van der Waals surface area contributed by atoms with Gasteiger partial charge in [0.15, 0.2) is 0 Å². The van der Waals surface area contributed by atoms with Crippen LogP contribution in [-0.2, 0) is 11.2 Å². The van der Waals surface area contributed by atoms with E-state index in [9.17, 15) is 4.79 Å². The minimum Gasteiger partial charge on any atom is -0.349 e. The molecule has 0 aliphatic heterocycles. The van der Waals surface area contributed by atoms with Gasteiger partial charge in [-0.05, 0) is 23.6 Å². The first-order valence-corrected chi connectivity index (χ1v) is 9.79. The molecule has 28 heavy (non-hydrogen) atoms. The van der Waals surface area contributed by atoms with Gasteiger partial charge in [-0.3, -0.25) is 9.78 Å². The maximum absolute atomic E-state index is 12.6. The van der Waals surface area contributed by atoms with E-state index in [4.69, 9.17) is 4.52 Å². The summed E-state index contributed by atoms with van der Waals surface area (Å²) in [4.78, 5) is 21.1. The van der Waals surface area contributed by atoms with Gasteiger partial charge >= 0.3 is 0 Å². The zero-order chi connectivity index (χ0) is 19.8. The maximum atomic E-state index is 12.6. The fraction of sp³-hybridized carbons (Fsp3) is 0.364. The molecule has 1 unspecified atom stereocenters. The normalized spacial score (nSPS) is 12.1. The van der Waals surface area contributed by atoms with Gasteiger partial charge in [-0.2, -0.15) is 4.98 Å². The van der Waals surface area contributed by atoms with Crippen LogP contribution in [0.3, 0.4) is 0 Å². The molecule has 1 aromatic carbocycles. The number of pyridine rings is 1. The zero-order valence-corrected chi connectivity index (χ0v) is 16.3. The first-order chi connectivity index (χ1) is 13.7. The molecule has 6 nitrogen and oxygen atoms in total. The highest BCUT2D eigenvalue weighted by atomic mass is 16.5. The second kappa shape index (κ2) is 9.78. The summed E-state index contributed by atoms with van der Waals surface area (Å²) < 4.78 is 5.27. The van der Waals surface area contributed by atoms with Crippen LogP contribution < -0.4 is 5.32 Å². The molecule has 0 radical (unpaired) electrons. The van der Waals surface area contributed by atoms with Crippen LogP contribution in [0.2, 0.25) is 0 Å².